The van der Waals surface area contributed by atoms with Gasteiger partial charge in [-0.25, -0.2) is 0 Å². The van der Waals surface area contributed by atoms with Gasteiger partial charge in [-0.3, -0.25) is 0 Å². The van der Waals surface area contributed by atoms with Gasteiger partial charge < -0.3 is 0 Å². The first-order valence-corrected chi connectivity index (χ1v) is 0. The third-order valence-electron chi connectivity index (χ3n) is 0. The van der Waals surface area contributed by atoms with E-state index in [0.717, 1.165) is 0 Å². The Kier molecular flexibility index (Phi) is 491. The van der Waals surface area contributed by atoms with Crippen LogP contribution in [0.3, 0.4) is 0 Å². The van der Waals surface area contributed by atoms with Crippen LogP contribution in [0.5, 0.6) is 0 Å². The molecule has 0 N–H and O–H groups in total. The molecule has 0 aromatic heterocycles. The van der Waals surface area contributed by atoms with E-state index >= 15 is 0 Å². The van der Waals surface area contributed by atoms with Crippen LogP contribution in [0.1, 0.15) is 0 Å². The summed E-state index contributed by atoms with van der Waals surface area (Å²) in [6.07, 6.45) is 0. The molecule has 0 bridgehead atoms. The van der Waals surface area contributed by atoms with E-state index in [2.05, 4.69) is 0 Å². The maximum absolute atomic E-state index is 0. The molecule has 0 aromatic rings. The summed E-state index contributed by atoms with van der Waals surface area (Å²) >= 11 is 0. The molecule has 13 heavy (non-hydrogen) atoms. The fourth-order valence-corrected chi connectivity index (χ4v) is 0. The molecule has 0 aliphatic carbocycles. The molecule has 0 fully saturated rings. The first-order chi connectivity index (χ1) is 0. The van der Waals surface area contributed by atoms with Gasteiger partial charge in [-0.1, -0.05) is 0 Å². The molecule has 13 valence electrons. The summed E-state index contributed by atoms with van der Waals surface area (Å²) < 4.78 is 0. The van der Waals surface area contributed by atoms with Crippen LogP contribution in [0.2, 0.25) is 0 Å². The zero-order chi connectivity index (χ0) is 0. The van der Waals surface area contributed by atoms with Crippen LogP contribution in [0.15, 0.2) is 0 Å². The predicted octanol–water partition coefficient (Wildman–Crippen LogP) is -4.95. The molecular formula is K7Rb6. The Morgan fingerprint density at radius 2 is 0.154 bits per heavy atom. The summed E-state index contributed by atoms with van der Waals surface area (Å²) in [6, 6.07) is 0. The Morgan fingerprint density at radius 1 is 0.154 bits per heavy atom. The quantitative estimate of drug-likeness (QED) is 0.217. The fraction of sp³-hybridized carbons (Fsp3) is 0. The van der Waals surface area contributed by atoms with Crippen molar-refractivity contribution in [2.45, 2.75) is 0 Å². The van der Waals surface area contributed by atoms with Gasteiger partial charge in [-0.2, -0.15) is 0 Å². The van der Waals surface area contributed by atoms with E-state index in [1.165, 1.54) is 0 Å². The van der Waals surface area contributed by atoms with Crippen LogP contribution >= 0.6 is 0 Å². The Hall–Kier alpha value is 22.3. The van der Waals surface area contributed by atoms with Crippen LogP contribution in [-0.2, 0) is 0 Å². The second-order valence-corrected chi connectivity index (χ2v) is 0. The maximum atomic E-state index is 0. The predicted molar refractivity (Wildman–Crippen MR) is 74.8 cm³/mol. The Bertz CT molecular complexity index is 12.9. The summed E-state index contributed by atoms with van der Waals surface area (Å²) in [4.78, 5) is 0. The molecular weight excluding hydrogens is 786 g/mol. The summed E-state index contributed by atoms with van der Waals surface area (Å²) in [5.74, 6) is 0. The molecule has 0 saturated carbocycles. The molecule has 0 rings (SSSR count). The molecule has 0 unspecified atom stereocenters. The van der Waals surface area contributed by atoms with Crippen molar-refractivity contribution in [1.29, 1.82) is 0 Å². The minimum absolute atomic E-state index is 0. The molecule has 0 amide bonds. The summed E-state index contributed by atoms with van der Waals surface area (Å²) in [7, 11) is 0. The van der Waals surface area contributed by atoms with Crippen molar-refractivity contribution >= 4 is 709 Å². The summed E-state index contributed by atoms with van der Waals surface area (Å²) in [5, 5.41) is 0. The molecule has 0 atom stereocenters. The zero-order valence-electron chi connectivity index (χ0n) is 13.0. The minimum atomic E-state index is 0. The molecule has 13 heteroatoms. The van der Waals surface area contributed by atoms with Crippen LogP contribution < -0.4 is 0 Å². The monoisotopic (exact) mass is 782 g/mol. The zero-order valence-corrected chi connectivity index (χ0v) is 64.4. The molecule has 0 aliphatic rings. The second kappa shape index (κ2) is 76.5. The summed E-state index contributed by atoms with van der Waals surface area (Å²) in [6.45, 7) is 0. The topological polar surface area (TPSA) is 0 Å². The van der Waals surface area contributed by atoms with Gasteiger partial charge >= 0.3 is 0 Å². The van der Waals surface area contributed by atoms with Crippen LogP contribution in [0, 0.1) is 0 Å². The van der Waals surface area contributed by atoms with Crippen molar-refractivity contribution in [1.82, 2.24) is 0 Å². The normalized spacial score (nSPS) is 0. The first kappa shape index (κ1) is 83.5. The number of hydrogen-bond acceptors (Lipinski definition) is 0. The van der Waals surface area contributed by atoms with E-state index in [0.29, 0.717) is 0 Å². The van der Waals surface area contributed by atoms with Crippen molar-refractivity contribution < 1.29 is 0 Å². The molecule has 0 aromatic carbocycles. The third kappa shape index (κ3) is 72.0. The molecule has 0 spiro atoms. The molecule has 0 saturated heterocycles. The van der Waals surface area contributed by atoms with E-state index in [-0.39, 0.29) is 709 Å². The van der Waals surface area contributed by atoms with Gasteiger partial charge in [0.05, 0.1) is 0 Å². The standard InChI is InChI=1S/7K.6Rb. The van der Waals surface area contributed by atoms with Gasteiger partial charge in [0.2, 0.25) is 0 Å². The van der Waals surface area contributed by atoms with Crippen molar-refractivity contribution in [2.75, 3.05) is 0 Å². The number of hydrogen-bond donors (Lipinski definition) is 0. The van der Waals surface area contributed by atoms with E-state index in [1.807, 2.05) is 0 Å². The largest absolute Gasteiger partial charge is 0 e. The van der Waals surface area contributed by atoms with Crippen LogP contribution in [0.25, 0.3) is 0 Å². The fourth-order valence-electron chi connectivity index (χ4n) is 0. The maximum Gasteiger partial charge on any atom is 0 e. The Labute approximate surface area is 676 Å². The minimum Gasteiger partial charge on any atom is 0 e. The van der Waals surface area contributed by atoms with Crippen LogP contribution in [-0.4, -0.2) is 709 Å². The molecule has 0 heterocycles. The van der Waals surface area contributed by atoms with E-state index in [9.17, 15) is 0 Å². The summed E-state index contributed by atoms with van der Waals surface area (Å²) in [5.41, 5.74) is 0. The van der Waals surface area contributed by atoms with E-state index in [1.54, 1.807) is 0 Å². The van der Waals surface area contributed by atoms with E-state index in [4.69, 9.17) is 0 Å². The number of rotatable bonds is 0. The molecule has 0 aliphatic heterocycles. The first-order valence-electron chi connectivity index (χ1n) is 0. The van der Waals surface area contributed by atoms with Crippen molar-refractivity contribution in [3.8, 4) is 0 Å². The Balaban J connectivity index is 0. The van der Waals surface area contributed by atoms with Crippen molar-refractivity contribution in [3.05, 3.63) is 0 Å². The van der Waals surface area contributed by atoms with Crippen molar-refractivity contribution in [2.24, 2.45) is 0 Å². The third-order valence-corrected chi connectivity index (χ3v) is 0. The average Bonchev–Trinajstić information content (AvgIpc) is 0. The van der Waals surface area contributed by atoms with Gasteiger partial charge in [-0.05, 0) is 0 Å². The van der Waals surface area contributed by atoms with Gasteiger partial charge in [0.15, 0.2) is 0 Å². The smallest absolute Gasteiger partial charge is 0 e. The molecule has 0 nitrogen and oxygen atoms in total. The van der Waals surface area contributed by atoms with Gasteiger partial charge in [0.25, 0.3) is 0 Å². The molecule has 13 radical (unpaired) electrons. The van der Waals surface area contributed by atoms with Gasteiger partial charge in [0, 0.05) is 709 Å². The second-order valence-electron chi connectivity index (χ2n) is 0. The van der Waals surface area contributed by atoms with Gasteiger partial charge in [0.1, 0.15) is 0 Å². The van der Waals surface area contributed by atoms with Crippen molar-refractivity contribution in [3.63, 3.8) is 0 Å². The van der Waals surface area contributed by atoms with Gasteiger partial charge in [-0.15, -0.1) is 0 Å². The van der Waals surface area contributed by atoms with E-state index < -0.39 is 0 Å². The Morgan fingerprint density at radius 3 is 0.154 bits per heavy atom. The average molecular weight is 786 g/mol. The SMILES string of the molecule is [K].[K].[K].[K].[K].[K].[K].[Rb].[Rb].[Rb].[Rb].[Rb].[Rb]. The van der Waals surface area contributed by atoms with Crippen LogP contribution in [0.4, 0.5) is 0 Å².